The number of aliphatic hydroxyl groups excluding tert-OH is 1. The molecule has 0 spiro atoms. The third-order valence-corrected chi connectivity index (χ3v) is 4.44. The molecule has 1 aromatic carbocycles. The Morgan fingerprint density at radius 2 is 2.12 bits per heavy atom. The number of piperidine rings is 1. The van der Waals surface area contributed by atoms with Gasteiger partial charge in [-0.05, 0) is 30.5 Å². The first kappa shape index (κ1) is 17.0. The van der Waals surface area contributed by atoms with Gasteiger partial charge in [-0.15, -0.1) is 0 Å². The highest BCUT2D eigenvalue weighted by Crippen LogP contribution is 2.16. The third kappa shape index (κ3) is 4.80. The summed E-state index contributed by atoms with van der Waals surface area (Å²) in [5, 5.41) is 9.87. The second-order valence-corrected chi connectivity index (χ2v) is 6.40. The molecule has 0 radical (unpaired) electrons. The van der Waals surface area contributed by atoms with E-state index in [1.54, 1.807) is 6.20 Å². The number of ether oxygens (including phenoxy) is 1. The van der Waals surface area contributed by atoms with Gasteiger partial charge in [0.1, 0.15) is 5.75 Å². The number of aliphatic hydroxyl groups is 1. The van der Waals surface area contributed by atoms with Gasteiger partial charge in [-0.1, -0.05) is 12.1 Å². The van der Waals surface area contributed by atoms with E-state index in [-0.39, 0.29) is 6.04 Å². The van der Waals surface area contributed by atoms with E-state index in [2.05, 4.69) is 22.0 Å². The lowest BCUT2D eigenvalue weighted by molar-refractivity contribution is 0.0499. The fourth-order valence-corrected chi connectivity index (χ4v) is 2.96. The summed E-state index contributed by atoms with van der Waals surface area (Å²) < 4.78 is 7.82. The molecule has 3 N–H and O–H groups in total. The monoisotopic (exact) mass is 330 g/mol. The molecule has 1 fully saturated rings. The second kappa shape index (κ2) is 8.28. The minimum atomic E-state index is -0.420. The molecule has 0 saturated carbocycles. The molecule has 0 bridgehead atoms. The molecule has 0 aliphatic carbocycles. The second-order valence-electron chi connectivity index (χ2n) is 6.40. The average molecular weight is 330 g/mol. The number of imidazole rings is 1. The lowest BCUT2D eigenvalue weighted by Crippen LogP contribution is -2.50. The number of hydrogen-bond donors (Lipinski definition) is 2. The number of aromatic nitrogens is 2. The van der Waals surface area contributed by atoms with Crippen LogP contribution in [0.25, 0.3) is 0 Å². The fourth-order valence-electron chi connectivity index (χ4n) is 2.96. The molecular weight excluding hydrogens is 304 g/mol. The predicted molar refractivity (Wildman–Crippen MR) is 92.7 cm³/mol. The minimum Gasteiger partial charge on any atom is -0.494 e. The van der Waals surface area contributed by atoms with Crippen molar-refractivity contribution in [3.05, 3.63) is 48.5 Å². The molecule has 6 heteroatoms. The van der Waals surface area contributed by atoms with E-state index in [9.17, 15) is 5.11 Å². The first-order valence-corrected chi connectivity index (χ1v) is 8.54. The Morgan fingerprint density at radius 3 is 2.83 bits per heavy atom. The lowest BCUT2D eigenvalue weighted by Gasteiger charge is -2.34. The predicted octanol–water partition coefficient (Wildman–Crippen LogP) is 1.25. The van der Waals surface area contributed by atoms with Crippen LogP contribution in [-0.4, -0.2) is 51.4 Å². The van der Waals surface area contributed by atoms with Crippen LogP contribution in [0, 0.1) is 0 Å². The van der Waals surface area contributed by atoms with Crippen LogP contribution in [0.5, 0.6) is 5.75 Å². The highest BCUT2D eigenvalue weighted by molar-refractivity contribution is 5.27. The topological polar surface area (TPSA) is 76.5 Å². The quantitative estimate of drug-likeness (QED) is 0.747. The molecule has 0 unspecified atom stereocenters. The molecule has 0 amide bonds. The van der Waals surface area contributed by atoms with Crippen LogP contribution in [0.15, 0.2) is 43.0 Å². The Labute approximate surface area is 142 Å². The van der Waals surface area contributed by atoms with Crippen molar-refractivity contribution in [1.29, 1.82) is 0 Å². The van der Waals surface area contributed by atoms with Crippen molar-refractivity contribution in [3.63, 3.8) is 0 Å². The number of likely N-dealkylation sites (tertiary alicyclic amines) is 1. The fraction of sp³-hybridized carbons (Fsp3) is 0.500. The van der Waals surface area contributed by atoms with Gasteiger partial charge in [0.2, 0.25) is 0 Å². The summed E-state index contributed by atoms with van der Waals surface area (Å²) >= 11 is 0. The molecule has 1 aliphatic heterocycles. The van der Waals surface area contributed by atoms with E-state index < -0.39 is 6.10 Å². The van der Waals surface area contributed by atoms with Crippen LogP contribution in [0.3, 0.4) is 0 Å². The zero-order chi connectivity index (χ0) is 16.8. The van der Waals surface area contributed by atoms with Gasteiger partial charge in [-0.3, -0.25) is 4.90 Å². The van der Waals surface area contributed by atoms with Gasteiger partial charge in [0.15, 0.2) is 0 Å². The summed E-state index contributed by atoms with van der Waals surface area (Å²) in [5.41, 5.74) is 7.07. The molecule has 2 heterocycles. The van der Waals surface area contributed by atoms with Crippen molar-refractivity contribution in [1.82, 2.24) is 14.5 Å². The molecule has 2 atom stereocenters. The number of β-amino-alcohol motifs (C(OH)–C–C–N with tert-alkyl or cyclic N) is 1. The van der Waals surface area contributed by atoms with E-state index in [1.807, 2.05) is 29.2 Å². The summed E-state index contributed by atoms with van der Waals surface area (Å²) in [4.78, 5) is 6.27. The van der Waals surface area contributed by atoms with Crippen molar-refractivity contribution in [2.75, 3.05) is 19.7 Å². The van der Waals surface area contributed by atoms with Crippen LogP contribution in [0.1, 0.15) is 18.4 Å². The highest BCUT2D eigenvalue weighted by Gasteiger charge is 2.24. The van der Waals surface area contributed by atoms with Crippen LogP contribution >= 0.6 is 0 Å². The van der Waals surface area contributed by atoms with Gasteiger partial charge in [0.25, 0.3) is 0 Å². The van der Waals surface area contributed by atoms with Crippen LogP contribution in [0.2, 0.25) is 0 Å². The van der Waals surface area contributed by atoms with Gasteiger partial charge >= 0.3 is 0 Å². The number of nitrogens with zero attached hydrogens (tertiary/aromatic N) is 3. The van der Waals surface area contributed by atoms with E-state index in [0.717, 1.165) is 38.2 Å². The van der Waals surface area contributed by atoms with Crippen molar-refractivity contribution >= 4 is 0 Å². The van der Waals surface area contributed by atoms with Crippen molar-refractivity contribution < 1.29 is 9.84 Å². The standard InChI is InChI=1S/C18H26N4O2/c19-17-6-9-22(13-18(17)23)12-15-2-4-16(5-3-15)24-11-1-8-21-10-7-20-14-21/h2-5,7,10,14,17-18,23H,1,6,8-9,11-13,19H2/t17-,18-/m1/s1. The first-order chi connectivity index (χ1) is 11.7. The molecule has 6 nitrogen and oxygen atoms in total. The SMILES string of the molecule is N[C@@H]1CCN(Cc2ccc(OCCCn3ccnc3)cc2)C[C@H]1O. The highest BCUT2D eigenvalue weighted by atomic mass is 16.5. The average Bonchev–Trinajstić information content (AvgIpc) is 3.10. The van der Waals surface area contributed by atoms with Crippen LogP contribution < -0.4 is 10.5 Å². The smallest absolute Gasteiger partial charge is 0.119 e. The lowest BCUT2D eigenvalue weighted by atomic mass is 10.0. The van der Waals surface area contributed by atoms with Gasteiger partial charge in [-0.2, -0.15) is 0 Å². The molecule has 1 aromatic heterocycles. The maximum atomic E-state index is 9.87. The zero-order valence-electron chi connectivity index (χ0n) is 13.9. The van der Waals surface area contributed by atoms with Crippen molar-refractivity contribution in [2.45, 2.75) is 38.1 Å². The normalized spacial score (nSPS) is 21.8. The molecule has 1 aliphatic rings. The van der Waals surface area contributed by atoms with Crippen LogP contribution in [0.4, 0.5) is 0 Å². The van der Waals surface area contributed by atoms with E-state index in [1.165, 1.54) is 5.56 Å². The number of aryl methyl sites for hydroxylation is 1. The molecule has 24 heavy (non-hydrogen) atoms. The summed E-state index contributed by atoms with van der Waals surface area (Å²) in [5.74, 6) is 0.894. The molecule has 3 rings (SSSR count). The van der Waals surface area contributed by atoms with Crippen molar-refractivity contribution in [2.24, 2.45) is 5.73 Å². The Hall–Kier alpha value is -1.89. The zero-order valence-corrected chi connectivity index (χ0v) is 13.9. The maximum absolute atomic E-state index is 9.87. The summed E-state index contributed by atoms with van der Waals surface area (Å²) in [6.07, 6.45) is 6.94. The van der Waals surface area contributed by atoms with Crippen molar-refractivity contribution in [3.8, 4) is 5.75 Å². The molecule has 2 aromatic rings. The molecule has 1 saturated heterocycles. The number of benzene rings is 1. The first-order valence-electron chi connectivity index (χ1n) is 8.54. The minimum absolute atomic E-state index is 0.0839. The van der Waals surface area contributed by atoms with Gasteiger partial charge in [-0.25, -0.2) is 4.98 Å². The summed E-state index contributed by atoms with van der Waals surface area (Å²) in [7, 11) is 0. The maximum Gasteiger partial charge on any atom is 0.119 e. The van der Waals surface area contributed by atoms with Crippen LogP contribution in [-0.2, 0) is 13.1 Å². The Balaban J connectivity index is 1.40. The van der Waals surface area contributed by atoms with Gasteiger partial charge in [0.05, 0.1) is 19.0 Å². The molecular formula is C18H26N4O2. The van der Waals surface area contributed by atoms with E-state index in [4.69, 9.17) is 10.5 Å². The number of hydrogen-bond acceptors (Lipinski definition) is 5. The Kier molecular flexibility index (Phi) is 5.85. The third-order valence-electron chi connectivity index (χ3n) is 4.44. The van der Waals surface area contributed by atoms with Gasteiger partial charge in [0, 0.05) is 44.6 Å². The Morgan fingerprint density at radius 1 is 1.29 bits per heavy atom. The van der Waals surface area contributed by atoms with Gasteiger partial charge < -0.3 is 20.1 Å². The van der Waals surface area contributed by atoms with E-state index in [0.29, 0.717) is 13.2 Å². The number of rotatable bonds is 7. The molecule has 130 valence electrons. The summed E-state index contributed by atoms with van der Waals surface area (Å²) in [6.45, 7) is 4.02. The largest absolute Gasteiger partial charge is 0.494 e. The summed E-state index contributed by atoms with van der Waals surface area (Å²) in [6, 6.07) is 8.12. The number of nitrogens with two attached hydrogens (primary N) is 1. The Bertz CT molecular complexity index is 600. The van der Waals surface area contributed by atoms with E-state index >= 15 is 0 Å².